The molecule has 0 spiro atoms. The molecule has 0 saturated carbocycles. The highest BCUT2D eigenvalue weighted by Crippen LogP contribution is 2.40. The number of para-hydroxylation sites is 2. The third kappa shape index (κ3) is 4.45. The van der Waals surface area contributed by atoms with Gasteiger partial charge in [0.1, 0.15) is 12.2 Å². The molecule has 2 amide bonds. The lowest BCUT2D eigenvalue weighted by molar-refractivity contribution is -0.117. The van der Waals surface area contributed by atoms with Crippen molar-refractivity contribution < 1.29 is 14.7 Å². The molecule has 3 heterocycles. The van der Waals surface area contributed by atoms with E-state index in [1.807, 2.05) is 6.07 Å². The van der Waals surface area contributed by atoms with E-state index >= 15 is 0 Å². The highest BCUT2D eigenvalue weighted by atomic mass is 79.9. The second kappa shape index (κ2) is 9.39. The molecule has 35 heavy (non-hydrogen) atoms. The van der Waals surface area contributed by atoms with E-state index in [0.29, 0.717) is 37.9 Å². The van der Waals surface area contributed by atoms with Crippen molar-refractivity contribution in [2.75, 3.05) is 6.54 Å². The molecular formula is C23H15Br2N7O3. The molecule has 0 radical (unpaired) electrons. The Bertz CT molecular complexity index is 1630. The molecule has 0 aliphatic heterocycles. The Hall–Kier alpha value is -3.90. The summed E-state index contributed by atoms with van der Waals surface area (Å²) >= 11 is 6.79. The van der Waals surface area contributed by atoms with Gasteiger partial charge in [0, 0.05) is 20.5 Å². The average molecular weight is 597 g/mol. The Morgan fingerprint density at radius 3 is 2.71 bits per heavy atom. The SMILES string of the molecule is O=C(CNC(=O)n1c(-c2ccccn2)nc2ccccc21)N=Nc1c(O)[nH]c2c(Br)cc(Br)cc12. The van der Waals surface area contributed by atoms with E-state index in [0.717, 1.165) is 4.47 Å². The predicted molar refractivity (Wildman–Crippen MR) is 137 cm³/mol. The number of nitrogens with zero attached hydrogens (tertiary/aromatic N) is 5. The number of hydrogen-bond donors (Lipinski definition) is 3. The number of imidazole rings is 1. The molecule has 3 aromatic heterocycles. The van der Waals surface area contributed by atoms with Crippen molar-refractivity contribution in [1.29, 1.82) is 0 Å². The van der Waals surface area contributed by atoms with E-state index in [1.54, 1.807) is 54.7 Å². The zero-order valence-corrected chi connectivity index (χ0v) is 20.9. The molecule has 0 aliphatic rings. The summed E-state index contributed by atoms with van der Waals surface area (Å²) in [5.41, 5.74) is 2.41. The van der Waals surface area contributed by atoms with Crippen molar-refractivity contribution in [2.45, 2.75) is 0 Å². The number of aromatic amines is 1. The summed E-state index contributed by atoms with van der Waals surface area (Å²) in [7, 11) is 0. The molecule has 0 atom stereocenters. The van der Waals surface area contributed by atoms with Crippen LogP contribution >= 0.6 is 31.9 Å². The summed E-state index contributed by atoms with van der Waals surface area (Å²) in [6, 6.07) is 15.4. The third-order valence-electron chi connectivity index (χ3n) is 5.09. The summed E-state index contributed by atoms with van der Waals surface area (Å²) in [5.74, 6) is -0.590. The zero-order chi connectivity index (χ0) is 24.5. The van der Waals surface area contributed by atoms with Crippen LogP contribution in [0.2, 0.25) is 0 Å². The minimum Gasteiger partial charge on any atom is -0.493 e. The average Bonchev–Trinajstić information content (AvgIpc) is 3.39. The first-order chi connectivity index (χ1) is 16.9. The number of carbonyl (C=O) groups is 2. The first-order valence-electron chi connectivity index (χ1n) is 10.2. The maximum atomic E-state index is 13.1. The Labute approximate surface area is 214 Å². The maximum Gasteiger partial charge on any atom is 0.328 e. The molecule has 3 N–H and O–H groups in total. The van der Waals surface area contributed by atoms with Crippen molar-refractivity contribution in [2.24, 2.45) is 10.2 Å². The second-order valence-corrected chi connectivity index (χ2v) is 9.13. The van der Waals surface area contributed by atoms with Crippen LogP contribution in [-0.4, -0.2) is 43.1 Å². The van der Waals surface area contributed by atoms with Crippen LogP contribution < -0.4 is 5.32 Å². The molecule has 10 nitrogen and oxygen atoms in total. The molecule has 174 valence electrons. The van der Waals surface area contributed by atoms with Gasteiger partial charge in [0.2, 0.25) is 5.88 Å². The van der Waals surface area contributed by atoms with Gasteiger partial charge in [-0.05, 0) is 52.3 Å². The Morgan fingerprint density at radius 1 is 1.11 bits per heavy atom. The Balaban J connectivity index is 1.37. The molecular weight excluding hydrogens is 582 g/mol. The summed E-state index contributed by atoms with van der Waals surface area (Å²) in [4.78, 5) is 37.1. The van der Waals surface area contributed by atoms with Gasteiger partial charge >= 0.3 is 6.03 Å². The van der Waals surface area contributed by atoms with Crippen molar-refractivity contribution in [3.63, 3.8) is 0 Å². The van der Waals surface area contributed by atoms with Crippen LogP contribution in [0.3, 0.4) is 0 Å². The van der Waals surface area contributed by atoms with E-state index in [4.69, 9.17) is 0 Å². The van der Waals surface area contributed by atoms with Crippen molar-refractivity contribution in [3.8, 4) is 17.4 Å². The molecule has 0 bridgehead atoms. The number of pyridine rings is 1. The van der Waals surface area contributed by atoms with Gasteiger partial charge < -0.3 is 15.4 Å². The van der Waals surface area contributed by atoms with Crippen molar-refractivity contribution in [1.82, 2.24) is 24.8 Å². The number of fused-ring (bicyclic) bond motifs is 2. The van der Waals surface area contributed by atoms with Gasteiger partial charge in [0.25, 0.3) is 5.91 Å². The number of hydrogen-bond acceptors (Lipinski definition) is 6. The predicted octanol–water partition coefficient (Wildman–Crippen LogP) is 5.68. The quantitative estimate of drug-likeness (QED) is 0.229. The number of carbonyl (C=O) groups excluding carboxylic acids is 2. The molecule has 0 saturated heterocycles. The van der Waals surface area contributed by atoms with Gasteiger partial charge in [-0.3, -0.25) is 9.78 Å². The summed E-state index contributed by atoms with van der Waals surface area (Å²) in [6.45, 7) is -0.410. The molecule has 0 fully saturated rings. The van der Waals surface area contributed by atoms with Gasteiger partial charge in [-0.25, -0.2) is 14.3 Å². The van der Waals surface area contributed by atoms with E-state index in [9.17, 15) is 14.7 Å². The van der Waals surface area contributed by atoms with Crippen LogP contribution in [0.5, 0.6) is 5.88 Å². The topological polar surface area (TPSA) is 138 Å². The van der Waals surface area contributed by atoms with E-state index in [2.05, 4.69) is 62.4 Å². The van der Waals surface area contributed by atoms with Crippen LogP contribution in [0.25, 0.3) is 33.5 Å². The monoisotopic (exact) mass is 595 g/mol. The van der Waals surface area contributed by atoms with Gasteiger partial charge in [0.05, 0.1) is 16.6 Å². The zero-order valence-electron chi connectivity index (χ0n) is 17.7. The van der Waals surface area contributed by atoms with Crippen molar-refractivity contribution in [3.05, 3.63) is 69.7 Å². The molecule has 0 unspecified atom stereocenters. The molecule has 12 heteroatoms. The van der Waals surface area contributed by atoms with Crippen molar-refractivity contribution >= 4 is 71.4 Å². The van der Waals surface area contributed by atoms with Gasteiger partial charge in [-0.2, -0.15) is 0 Å². The number of aromatic nitrogens is 4. The Morgan fingerprint density at radius 2 is 1.91 bits per heavy atom. The number of benzene rings is 2. The van der Waals surface area contributed by atoms with E-state index in [-0.39, 0.29) is 11.6 Å². The van der Waals surface area contributed by atoms with Gasteiger partial charge in [-0.1, -0.05) is 34.1 Å². The first kappa shape index (κ1) is 22.9. The smallest absolute Gasteiger partial charge is 0.328 e. The van der Waals surface area contributed by atoms with Crippen LogP contribution in [0.1, 0.15) is 0 Å². The lowest BCUT2D eigenvalue weighted by Crippen LogP contribution is -2.32. The summed E-state index contributed by atoms with van der Waals surface area (Å²) in [5, 5.41) is 20.9. The van der Waals surface area contributed by atoms with Crippen LogP contribution in [0, 0.1) is 0 Å². The number of halogens is 2. The van der Waals surface area contributed by atoms with Crippen LogP contribution in [0.4, 0.5) is 10.5 Å². The minimum absolute atomic E-state index is 0.111. The minimum atomic E-state index is -0.704. The number of azo groups is 1. The molecule has 5 aromatic rings. The third-order valence-corrected chi connectivity index (χ3v) is 6.17. The van der Waals surface area contributed by atoms with Crippen LogP contribution in [-0.2, 0) is 4.79 Å². The van der Waals surface area contributed by atoms with E-state index in [1.165, 1.54) is 4.57 Å². The standard InChI is InChI=1S/C23H15Br2N7O3/c24-12-9-13-19(14(25)10-12)29-22(34)20(13)31-30-18(33)11-27-23(35)32-17-7-2-1-5-15(17)28-21(32)16-6-3-4-8-26-16/h1-10,29,34H,11H2,(H,27,35). The molecule has 5 rings (SSSR count). The maximum absolute atomic E-state index is 13.1. The summed E-state index contributed by atoms with van der Waals surface area (Å²) < 4.78 is 2.82. The second-order valence-electron chi connectivity index (χ2n) is 7.36. The highest BCUT2D eigenvalue weighted by Gasteiger charge is 2.19. The van der Waals surface area contributed by atoms with Crippen LogP contribution in [0.15, 0.2) is 80.0 Å². The fraction of sp³-hybridized carbons (Fsp3) is 0.0435. The normalized spacial score (nSPS) is 11.5. The Kier molecular flexibility index (Phi) is 6.14. The van der Waals surface area contributed by atoms with Gasteiger partial charge in [0.15, 0.2) is 11.5 Å². The molecule has 0 aliphatic carbocycles. The number of amides is 2. The first-order valence-corrected chi connectivity index (χ1v) is 11.8. The number of aromatic hydroxyl groups is 1. The largest absolute Gasteiger partial charge is 0.493 e. The molecule has 2 aromatic carbocycles. The fourth-order valence-corrected chi connectivity index (χ4v) is 4.89. The number of H-pyrrole nitrogens is 1. The highest BCUT2D eigenvalue weighted by molar-refractivity contribution is 9.11. The number of rotatable bonds is 4. The summed E-state index contributed by atoms with van der Waals surface area (Å²) in [6.07, 6.45) is 1.61. The van der Waals surface area contributed by atoms with E-state index < -0.39 is 18.5 Å². The van der Waals surface area contributed by atoms with Gasteiger partial charge in [-0.15, -0.1) is 10.2 Å². The lowest BCUT2D eigenvalue weighted by Gasteiger charge is -2.08. The lowest BCUT2D eigenvalue weighted by atomic mass is 10.2. The fourth-order valence-electron chi connectivity index (χ4n) is 3.56. The number of nitrogens with one attached hydrogen (secondary N) is 2.